The summed E-state index contributed by atoms with van der Waals surface area (Å²) in [5.74, 6) is -3.39. The Morgan fingerprint density at radius 3 is 2.18 bits per heavy atom. The summed E-state index contributed by atoms with van der Waals surface area (Å²) in [6, 6.07) is 10.9. The molecule has 4 rings (SSSR count). The second kappa shape index (κ2) is 9.11. The van der Waals surface area contributed by atoms with Crippen LogP contribution in [-0.4, -0.2) is 45.0 Å². The lowest BCUT2D eigenvalue weighted by atomic mass is 9.81. The van der Waals surface area contributed by atoms with E-state index < -0.39 is 46.8 Å². The zero-order valence-electron chi connectivity index (χ0n) is 17.5. The number of benzene rings is 2. The number of halogens is 1. The summed E-state index contributed by atoms with van der Waals surface area (Å²) in [6.07, 6.45) is 2.72. The zero-order valence-corrected chi connectivity index (χ0v) is 18.2. The maximum absolute atomic E-state index is 13.4. The predicted octanol–water partition coefficient (Wildman–Crippen LogP) is 3.66. The molecule has 1 aliphatic carbocycles. The third-order valence-corrected chi connectivity index (χ3v) is 6.31. The van der Waals surface area contributed by atoms with Crippen LogP contribution in [0.1, 0.15) is 46.4 Å². The van der Waals surface area contributed by atoms with Crippen LogP contribution >= 0.6 is 11.6 Å². The van der Waals surface area contributed by atoms with Crippen molar-refractivity contribution in [3.05, 3.63) is 74.8 Å². The Morgan fingerprint density at radius 2 is 1.61 bits per heavy atom. The predicted molar refractivity (Wildman–Crippen MR) is 117 cm³/mol. The number of nitro benzene ring substituents is 1. The number of fused-ring (bicyclic) bond motifs is 1. The highest BCUT2D eigenvalue weighted by molar-refractivity contribution is 6.30. The molecule has 0 radical (unpaired) electrons. The van der Waals surface area contributed by atoms with Gasteiger partial charge in [0, 0.05) is 28.3 Å². The van der Waals surface area contributed by atoms with E-state index in [4.69, 9.17) is 11.6 Å². The minimum absolute atomic E-state index is 0.00498. The minimum Gasteiger partial charge on any atom is -0.292 e. The number of ketones is 1. The maximum atomic E-state index is 13.4. The number of Topliss-reactive ketones (excluding diaryl/α,β-unsaturated/α-hetero) is 1. The van der Waals surface area contributed by atoms with Gasteiger partial charge in [-0.2, -0.15) is 5.01 Å². The van der Waals surface area contributed by atoms with Crippen LogP contribution in [0.25, 0.3) is 0 Å². The summed E-state index contributed by atoms with van der Waals surface area (Å²) in [5.41, 5.74) is -0.146. The fraction of sp³-hybridized carbons (Fsp3) is 0.304. The summed E-state index contributed by atoms with van der Waals surface area (Å²) >= 11 is 5.90. The van der Waals surface area contributed by atoms with Crippen LogP contribution in [-0.2, 0) is 9.59 Å². The molecule has 1 aliphatic heterocycles. The minimum atomic E-state index is -0.717. The molecule has 0 unspecified atom stereocenters. The monoisotopic (exact) mass is 469 g/mol. The quantitative estimate of drug-likeness (QED) is 0.276. The fourth-order valence-electron chi connectivity index (χ4n) is 4.38. The molecule has 2 fully saturated rings. The summed E-state index contributed by atoms with van der Waals surface area (Å²) in [7, 11) is 0. The van der Waals surface area contributed by atoms with E-state index >= 15 is 0 Å². The van der Waals surface area contributed by atoms with Crippen LogP contribution in [0.5, 0.6) is 0 Å². The van der Waals surface area contributed by atoms with Gasteiger partial charge in [-0.05, 0) is 37.1 Å². The number of rotatable bonds is 6. The third-order valence-electron chi connectivity index (χ3n) is 6.06. The Labute approximate surface area is 194 Å². The number of hydrogen-bond donors (Lipinski definition) is 0. The van der Waals surface area contributed by atoms with E-state index in [1.807, 2.05) is 0 Å². The van der Waals surface area contributed by atoms with Gasteiger partial charge in [0.15, 0.2) is 5.78 Å². The van der Waals surface area contributed by atoms with Gasteiger partial charge in [0.2, 0.25) is 0 Å². The first-order valence-electron chi connectivity index (χ1n) is 10.5. The van der Waals surface area contributed by atoms with Crippen molar-refractivity contribution in [3.8, 4) is 0 Å². The fourth-order valence-corrected chi connectivity index (χ4v) is 4.50. The normalized spacial score (nSPS) is 19.8. The number of imide groups is 1. The highest BCUT2D eigenvalue weighted by Crippen LogP contribution is 2.39. The summed E-state index contributed by atoms with van der Waals surface area (Å²) in [5, 5.41) is 13.1. The molecule has 33 heavy (non-hydrogen) atoms. The molecule has 9 nitrogen and oxygen atoms in total. The van der Waals surface area contributed by atoms with Crippen LogP contribution in [0, 0.1) is 22.0 Å². The third kappa shape index (κ3) is 4.36. The van der Waals surface area contributed by atoms with Crippen LogP contribution in [0.15, 0.2) is 48.5 Å². The molecular weight excluding hydrogens is 450 g/mol. The number of carbonyl (C=O) groups is 4. The molecule has 2 aromatic rings. The lowest BCUT2D eigenvalue weighted by Gasteiger charge is -2.30. The van der Waals surface area contributed by atoms with Crippen molar-refractivity contribution < 1.29 is 24.1 Å². The highest BCUT2D eigenvalue weighted by Gasteiger charge is 2.51. The SMILES string of the molecule is O=C(CN(C(=O)c1ccc(Cl)cc1)N1C(=O)[C@H]2CCCC[C@H]2C1=O)c1cccc([N+](=O)[O-])c1. The second-order valence-corrected chi connectivity index (χ2v) is 8.52. The number of hydrogen-bond acceptors (Lipinski definition) is 6. The van der Waals surface area contributed by atoms with Crippen molar-refractivity contribution in [3.63, 3.8) is 0 Å². The Bertz CT molecular complexity index is 1130. The van der Waals surface area contributed by atoms with Crippen molar-refractivity contribution in [2.75, 3.05) is 6.54 Å². The Balaban J connectivity index is 1.69. The van der Waals surface area contributed by atoms with Gasteiger partial charge in [0.1, 0.15) is 6.54 Å². The first kappa shape index (κ1) is 22.6. The van der Waals surface area contributed by atoms with E-state index in [9.17, 15) is 29.3 Å². The van der Waals surface area contributed by atoms with Gasteiger partial charge in [0.25, 0.3) is 23.4 Å². The number of carbonyl (C=O) groups excluding carboxylic acids is 4. The van der Waals surface area contributed by atoms with E-state index in [0.29, 0.717) is 17.9 Å². The average molecular weight is 470 g/mol. The molecule has 0 aromatic heterocycles. The van der Waals surface area contributed by atoms with Crippen LogP contribution < -0.4 is 0 Å². The van der Waals surface area contributed by atoms with Gasteiger partial charge in [-0.25, -0.2) is 5.01 Å². The van der Waals surface area contributed by atoms with Gasteiger partial charge in [-0.3, -0.25) is 29.3 Å². The molecule has 1 heterocycles. The Kier molecular flexibility index (Phi) is 6.24. The van der Waals surface area contributed by atoms with E-state index in [1.165, 1.54) is 42.5 Å². The first-order chi connectivity index (χ1) is 15.8. The topological polar surface area (TPSA) is 118 Å². The zero-order chi connectivity index (χ0) is 23.7. The Hall–Kier alpha value is -3.59. The van der Waals surface area contributed by atoms with E-state index in [1.54, 1.807) is 0 Å². The van der Waals surface area contributed by atoms with Gasteiger partial charge in [-0.15, -0.1) is 0 Å². The van der Waals surface area contributed by atoms with E-state index in [-0.39, 0.29) is 16.8 Å². The van der Waals surface area contributed by atoms with Crippen LogP contribution in [0.3, 0.4) is 0 Å². The molecule has 1 saturated heterocycles. The summed E-state index contributed by atoms with van der Waals surface area (Å²) in [4.78, 5) is 63.1. The molecule has 2 aromatic carbocycles. The average Bonchev–Trinajstić information content (AvgIpc) is 3.07. The van der Waals surface area contributed by atoms with Gasteiger partial charge < -0.3 is 0 Å². The summed E-state index contributed by atoms with van der Waals surface area (Å²) in [6.45, 7) is -0.625. The van der Waals surface area contributed by atoms with Crippen molar-refractivity contribution in [1.82, 2.24) is 10.0 Å². The van der Waals surface area contributed by atoms with Crippen molar-refractivity contribution in [2.24, 2.45) is 11.8 Å². The first-order valence-corrected chi connectivity index (χ1v) is 10.9. The number of nitrogens with zero attached hydrogens (tertiary/aromatic N) is 3. The summed E-state index contributed by atoms with van der Waals surface area (Å²) < 4.78 is 0. The molecule has 10 heteroatoms. The van der Waals surface area contributed by atoms with Gasteiger partial charge >= 0.3 is 0 Å². The smallest absolute Gasteiger partial charge is 0.273 e. The van der Waals surface area contributed by atoms with Gasteiger partial charge in [0.05, 0.1) is 16.8 Å². The second-order valence-electron chi connectivity index (χ2n) is 8.09. The lowest BCUT2D eigenvalue weighted by molar-refractivity contribution is -0.384. The molecule has 0 spiro atoms. The number of nitro groups is 1. The maximum Gasteiger partial charge on any atom is 0.273 e. The molecule has 2 aliphatic rings. The van der Waals surface area contributed by atoms with E-state index in [2.05, 4.69) is 0 Å². The largest absolute Gasteiger partial charge is 0.292 e. The van der Waals surface area contributed by atoms with E-state index in [0.717, 1.165) is 28.9 Å². The molecule has 170 valence electrons. The lowest BCUT2D eigenvalue weighted by Crippen LogP contribution is -2.52. The highest BCUT2D eigenvalue weighted by atomic mass is 35.5. The van der Waals surface area contributed by atoms with Crippen LogP contribution in [0.2, 0.25) is 5.02 Å². The van der Waals surface area contributed by atoms with Crippen LogP contribution in [0.4, 0.5) is 5.69 Å². The van der Waals surface area contributed by atoms with Crippen molar-refractivity contribution >= 4 is 40.8 Å². The molecule has 1 saturated carbocycles. The molecule has 3 amide bonds. The number of non-ortho nitro benzene ring substituents is 1. The number of amides is 3. The molecule has 0 N–H and O–H groups in total. The number of hydrazine groups is 1. The molecular formula is C23H20ClN3O6. The Morgan fingerprint density at radius 1 is 1.00 bits per heavy atom. The standard InChI is InChI=1S/C23H20ClN3O6/c24-16-10-8-14(9-11-16)21(29)25(13-20(28)15-4-3-5-17(12-15)27(32)33)26-22(30)18-6-1-2-7-19(18)23(26)31/h3-5,8-12,18-19H,1-2,6-7,13H2/t18-,19+. The molecule has 0 bridgehead atoms. The van der Waals surface area contributed by atoms with Crippen molar-refractivity contribution in [1.29, 1.82) is 0 Å². The van der Waals surface area contributed by atoms with Gasteiger partial charge in [-0.1, -0.05) is 36.6 Å². The molecule has 2 atom stereocenters. The van der Waals surface area contributed by atoms with Crippen molar-refractivity contribution in [2.45, 2.75) is 25.7 Å².